The van der Waals surface area contributed by atoms with Gasteiger partial charge in [0.1, 0.15) is 17.3 Å². The maximum absolute atomic E-state index is 12.0. The summed E-state index contributed by atoms with van der Waals surface area (Å²) in [7, 11) is 0. The van der Waals surface area contributed by atoms with E-state index in [0.717, 1.165) is 11.3 Å². The van der Waals surface area contributed by atoms with Crippen LogP contribution in [0, 0.1) is 0 Å². The van der Waals surface area contributed by atoms with Crippen LogP contribution in [0.3, 0.4) is 0 Å². The van der Waals surface area contributed by atoms with Crippen LogP contribution in [0.2, 0.25) is 10.0 Å². The van der Waals surface area contributed by atoms with Gasteiger partial charge < -0.3 is 10.1 Å². The SMILES string of the molecule is O=C1NC(CCOc2ccccc2)=N/C1=C/c1ccc(Cl)c(Cl)c1. The molecule has 0 unspecified atom stereocenters. The summed E-state index contributed by atoms with van der Waals surface area (Å²) in [4.78, 5) is 16.3. The van der Waals surface area contributed by atoms with E-state index in [1.54, 1.807) is 24.3 Å². The number of carbonyl (C=O) groups is 1. The number of nitrogens with zero attached hydrogens (tertiary/aromatic N) is 1. The summed E-state index contributed by atoms with van der Waals surface area (Å²) >= 11 is 11.9. The van der Waals surface area contributed by atoms with Crippen LogP contribution >= 0.6 is 23.2 Å². The van der Waals surface area contributed by atoms with Crippen LogP contribution in [0.1, 0.15) is 12.0 Å². The lowest BCUT2D eigenvalue weighted by Crippen LogP contribution is -2.25. The number of carbonyl (C=O) groups excluding carboxylic acids is 1. The van der Waals surface area contributed by atoms with Crippen molar-refractivity contribution in [2.45, 2.75) is 6.42 Å². The Morgan fingerprint density at radius 2 is 1.88 bits per heavy atom. The van der Waals surface area contributed by atoms with E-state index < -0.39 is 0 Å². The van der Waals surface area contributed by atoms with Crippen LogP contribution < -0.4 is 10.1 Å². The van der Waals surface area contributed by atoms with Gasteiger partial charge in [-0.25, -0.2) is 4.99 Å². The van der Waals surface area contributed by atoms with Gasteiger partial charge in [0, 0.05) is 6.42 Å². The van der Waals surface area contributed by atoms with Crippen molar-refractivity contribution in [3.8, 4) is 5.75 Å². The highest BCUT2D eigenvalue weighted by Gasteiger charge is 2.19. The van der Waals surface area contributed by atoms with Gasteiger partial charge in [-0.2, -0.15) is 0 Å². The zero-order chi connectivity index (χ0) is 16.9. The van der Waals surface area contributed by atoms with Crippen LogP contribution in [0.25, 0.3) is 6.08 Å². The van der Waals surface area contributed by atoms with Crippen LogP contribution in [0.5, 0.6) is 5.75 Å². The average molecular weight is 361 g/mol. The van der Waals surface area contributed by atoms with Gasteiger partial charge >= 0.3 is 0 Å². The van der Waals surface area contributed by atoms with Gasteiger partial charge in [0.2, 0.25) is 0 Å². The second-order valence-corrected chi connectivity index (χ2v) is 5.94. The van der Waals surface area contributed by atoms with Gasteiger partial charge in [0.15, 0.2) is 0 Å². The molecule has 0 atom stereocenters. The molecule has 0 fully saturated rings. The van der Waals surface area contributed by atoms with Crippen LogP contribution in [0.4, 0.5) is 0 Å². The van der Waals surface area contributed by atoms with Crippen LogP contribution in [-0.4, -0.2) is 18.3 Å². The molecular formula is C18H14Cl2N2O2. The predicted molar refractivity (Wildman–Crippen MR) is 96.6 cm³/mol. The molecule has 0 aromatic heterocycles. The standard InChI is InChI=1S/C18H14Cl2N2O2/c19-14-7-6-12(10-15(14)20)11-16-18(23)22-17(21-16)8-9-24-13-4-2-1-3-5-13/h1-7,10-11H,8-9H2,(H,21,22,23)/b16-11+. The molecule has 4 nitrogen and oxygen atoms in total. The fraction of sp³-hybridized carbons (Fsp3) is 0.111. The molecule has 0 saturated carbocycles. The first-order chi connectivity index (χ1) is 11.6. The number of para-hydroxylation sites is 1. The Kier molecular flexibility index (Phi) is 5.18. The molecule has 2 aromatic carbocycles. The second kappa shape index (κ2) is 7.51. The zero-order valence-electron chi connectivity index (χ0n) is 12.6. The number of amidine groups is 1. The fourth-order valence-electron chi connectivity index (χ4n) is 2.18. The largest absolute Gasteiger partial charge is 0.493 e. The second-order valence-electron chi connectivity index (χ2n) is 5.13. The van der Waals surface area contributed by atoms with E-state index in [-0.39, 0.29) is 5.91 Å². The van der Waals surface area contributed by atoms with Crippen molar-refractivity contribution in [2.75, 3.05) is 6.61 Å². The van der Waals surface area contributed by atoms with Gasteiger partial charge in [0.05, 0.1) is 16.7 Å². The Hall–Kier alpha value is -2.30. The van der Waals surface area contributed by atoms with Gasteiger partial charge in [-0.15, -0.1) is 0 Å². The molecule has 1 heterocycles. The van der Waals surface area contributed by atoms with E-state index in [2.05, 4.69) is 10.3 Å². The van der Waals surface area contributed by atoms with E-state index in [1.807, 2.05) is 30.3 Å². The maximum atomic E-state index is 12.0. The van der Waals surface area contributed by atoms with Crippen molar-refractivity contribution in [3.63, 3.8) is 0 Å². The number of rotatable bonds is 5. The number of benzene rings is 2. The normalized spacial score (nSPS) is 15.3. The Labute approximate surface area is 149 Å². The Morgan fingerprint density at radius 3 is 2.62 bits per heavy atom. The first-order valence-corrected chi connectivity index (χ1v) is 8.11. The monoisotopic (exact) mass is 360 g/mol. The number of amides is 1. The summed E-state index contributed by atoms with van der Waals surface area (Å²) in [5.74, 6) is 1.13. The molecular weight excluding hydrogens is 347 g/mol. The Balaban J connectivity index is 1.64. The minimum absolute atomic E-state index is 0.240. The number of ether oxygens (including phenoxy) is 1. The zero-order valence-corrected chi connectivity index (χ0v) is 14.1. The van der Waals surface area contributed by atoms with Gasteiger partial charge in [-0.1, -0.05) is 47.5 Å². The van der Waals surface area contributed by atoms with Crippen LogP contribution in [-0.2, 0) is 4.79 Å². The molecule has 1 N–H and O–H groups in total. The maximum Gasteiger partial charge on any atom is 0.275 e. The Morgan fingerprint density at radius 1 is 1.08 bits per heavy atom. The highest BCUT2D eigenvalue weighted by molar-refractivity contribution is 6.42. The van der Waals surface area contributed by atoms with Gasteiger partial charge in [-0.3, -0.25) is 4.79 Å². The van der Waals surface area contributed by atoms with Gasteiger partial charge in [-0.05, 0) is 35.9 Å². The van der Waals surface area contributed by atoms with E-state index in [0.29, 0.717) is 34.6 Å². The fourth-order valence-corrected chi connectivity index (χ4v) is 2.48. The molecule has 1 aliphatic heterocycles. The van der Waals surface area contributed by atoms with Crippen molar-refractivity contribution < 1.29 is 9.53 Å². The highest BCUT2D eigenvalue weighted by Crippen LogP contribution is 2.24. The predicted octanol–water partition coefficient (Wildman–Crippen LogP) is 4.33. The summed E-state index contributed by atoms with van der Waals surface area (Å²) in [6.45, 7) is 0.434. The number of halogens is 2. The summed E-state index contributed by atoms with van der Waals surface area (Å²) in [6, 6.07) is 14.6. The Bertz CT molecular complexity index is 817. The van der Waals surface area contributed by atoms with E-state index in [4.69, 9.17) is 27.9 Å². The molecule has 0 radical (unpaired) electrons. The molecule has 1 amide bonds. The van der Waals surface area contributed by atoms with Crippen molar-refractivity contribution in [3.05, 3.63) is 69.8 Å². The lowest BCUT2D eigenvalue weighted by atomic mass is 10.2. The molecule has 0 bridgehead atoms. The summed E-state index contributed by atoms with van der Waals surface area (Å²) in [5, 5.41) is 3.64. The third kappa shape index (κ3) is 4.16. The first kappa shape index (κ1) is 16.6. The van der Waals surface area contributed by atoms with E-state index >= 15 is 0 Å². The number of hydrogen-bond donors (Lipinski definition) is 1. The molecule has 0 spiro atoms. The van der Waals surface area contributed by atoms with Crippen molar-refractivity contribution in [1.82, 2.24) is 5.32 Å². The lowest BCUT2D eigenvalue weighted by molar-refractivity contribution is -0.115. The van der Waals surface area contributed by atoms with E-state index in [9.17, 15) is 4.79 Å². The average Bonchev–Trinajstić information content (AvgIpc) is 2.92. The number of hydrogen-bond acceptors (Lipinski definition) is 3. The molecule has 6 heteroatoms. The van der Waals surface area contributed by atoms with E-state index in [1.165, 1.54) is 0 Å². The minimum Gasteiger partial charge on any atom is -0.493 e. The summed E-state index contributed by atoms with van der Waals surface area (Å²) in [5.41, 5.74) is 1.10. The first-order valence-electron chi connectivity index (χ1n) is 7.35. The molecule has 3 rings (SSSR count). The summed E-state index contributed by atoms with van der Waals surface area (Å²) in [6.07, 6.45) is 2.18. The number of nitrogens with one attached hydrogen (secondary N) is 1. The smallest absolute Gasteiger partial charge is 0.275 e. The topological polar surface area (TPSA) is 50.7 Å². The molecule has 0 aliphatic carbocycles. The number of aliphatic imine (C=N–C) groups is 1. The quantitative estimate of drug-likeness (QED) is 0.806. The van der Waals surface area contributed by atoms with Crippen molar-refractivity contribution >= 4 is 41.0 Å². The molecule has 1 aliphatic rings. The molecule has 0 saturated heterocycles. The van der Waals surface area contributed by atoms with Gasteiger partial charge in [0.25, 0.3) is 5.91 Å². The highest BCUT2D eigenvalue weighted by atomic mass is 35.5. The third-order valence-corrected chi connectivity index (χ3v) is 4.08. The lowest BCUT2D eigenvalue weighted by Gasteiger charge is -2.05. The molecule has 24 heavy (non-hydrogen) atoms. The minimum atomic E-state index is -0.240. The van der Waals surface area contributed by atoms with Crippen molar-refractivity contribution in [1.29, 1.82) is 0 Å². The third-order valence-electron chi connectivity index (χ3n) is 3.34. The van der Waals surface area contributed by atoms with Crippen molar-refractivity contribution in [2.24, 2.45) is 4.99 Å². The molecule has 122 valence electrons. The molecule has 2 aromatic rings. The summed E-state index contributed by atoms with van der Waals surface area (Å²) < 4.78 is 5.60. The van der Waals surface area contributed by atoms with Crippen LogP contribution in [0.15, 0.2) is 59.2 Å².